The van der Waals surface area contributed by atoms with Gasteiger partial charge in [-0.3, -0.25) is 14.2 Å². The van der Waals surface area contributed by atoms with Gasteiger partial charge in [-0.25, -0.2) is 4.98 Å². The zero-order chi connectivity index (χ0) is 18.8. The molecule has 1 N–H and O–H groups in total. The second kappa shape index (κ2) is 7.05. The molecule has 6 heteroatoms. The number of benzene rings is 3. The molecule has 0 spiro atoms. The SMILES string of the molecule is O=C(Nc1ccccc1Cl)c1ccc2c(=O)n(-c3ccccc3)cnc2c1. The first-order chi connectivity index (χ1) is 13.1. The zero-order valence-electron chi connectivity index (χ0n) is 14.1. The highest BCUT2D eigenvalue weighted by Crippen LogP contribution is 2.21. The molecule has 0 radical (unpaired) electrons. The van der Waals surface area contributed by atoms with Gasteiger partial charge in [-0.1, -0.05) is 41.9 Å². The molecule has 0 fully saturated rings. The Labute approximate surface area is 159 Å². The summed E-state index contributed by atoms with van der Waals surface area (Å²) in [4.78, 5) is 29.6. The summed E-state index contributed by atoms with van der Waals surface area (Å²) in [7, 11) is 0. The molecule has 27 heavy (non-hydrogen) atoms. The van der Waals surface area contributed by atoms with Crippen molar-refractivity contribution in [2.75, 3.05) is 5.32 Å². The molecule has 0 saturated carbocycles. The Bertz CT molecular complexity index is 1200. The molecule has 132 valence electrons. The van der Waals surface area contributed by atoms with Crippen LogP contribution in [0.5, 0.6) is 0 Å². The van der Waals surface area contributed by atoms with Gasteiger partial charge in [0, 0.05) is 5.56 Å². The minimum Gasteiger partial charge on any atom is -0.321 e. The van der Waals surface area contributed by atoms with Gasteiger partial charge in [0.1, 0.15) is 6.33 Å². The van der Waals surface area contributed by atoms with Crippen molar-refractivity contribution in [3.8, 4) is 5.69 Å². The molecule has 0 saturated heterocycles. The van der Waals surface area contributed by atoms with Crippen molar-refractivity contribution in [3.63, 3.8) is 0 Å². The predicted octanol–water partition coefficient (Wildman–Crippen LogP) is 4.29. The van der Waals surface area contributed by atoms with E-state index in [4.69, 9.17) is 11.6 Å². The molecule has 0 bridgehead atoms. The van der Waals surface area contributed by atoms with Gasteiger partial charge >= 0.3 is 0 Å². The number of carbonyl (C=O) groups is 1. The van der Waals surface area contributed by atoms with Gasteiger partial charge in [-0.05, 0) is 42.5 Å². The van der Waals surface area contributed by atoms with Crippen LogP contribution in [0.4, 0.5) is 5.69 Å². The van der Waals surface area contributed by atoms with E-state index in [9.17, 15) is 9.59 Å². The fraction of sp³-hybridized carbons (Fsp3) is 0. The normalized spacial score (nSPS) is 10.7. The zero-order valence-corrected chi connectivity index (χ0v) is 14.9. The molecule has 0 aliphatic rings. The fourth-order valence-electron chi connectivity index (χ4n) is 2.79. The highest BCUT2D eigenvalue weighted by atomic mass is 35.5. The van der Waals surface area contributed by atoms with Crippen LogP contribution in [0.25, 0.3) is 16.6 Å². The number of hydrogen-bond acceptors (Lipinski definition) is 3. The van der Waals surface area contributed by atoms with E-state index in [1.807, 2.05) is 30.3 Å². The van der Waals surface area contributed by atoms with E-state index in [0.29, 0.717) is 27.2 Å². The molecular weight excluding hydrogens is 362 g/mol. The third-order valence-corrected chi connectivity index (χ3v) is 4.51. The summed E-state index contributed by atoms with van der Waals surface area (Å²) in [6, 6.07) is 21.1. The number of nitrogens with one attached hydrogen (secondary N) is 1. The molecule has 1 heterocycles. The molecule has 0 aliphatic heterocycles. The summed E-state index contributed by atoms with van der Waals surface area (Å²) in [5.41, 5.74) is 1.92. The molecule has 4 rings (SSSR count). The van der Waals surface area contributed by atoms with E-state index in [-0.39, 0.29) is 11.5 Å². The number of carbonyl (C=O) groups excluding carboxylic acids is 1. The van der Waals surface area contributed by atoms with Crippen molar-refractivity contribution < 1.29 is 4.79 Å². The van der Waals surface area contributed by atoms with Gasteiger partial charge in [0.15, 0.2) is 0 Å². The van der Waals surface area contributed by atoms with Gasteiger partial charge in [-0.15, -0.1) is 0 Å². The highest BCUT2D eigenvalue weighted by molar-refractivity contribution is 6.33. The Hall–Kier alpha value is -3.44. The number of amides is 1. The lowest BCUT2D eigenvalue weighted by Gasteiger charge is -2.09. The van der Waals surface area contributed by atoms with Crippen LogP contribution in [0.15, 0.2) is 83.9 Å². The van der Waals surface area contributed by atoms with Crippen molar-refractivity contribution >= 4 is 34.1 Å². The lowest BCUT2D eigenvalue weighted by Crippen LogP contribution is -2.19. The summed E-state index contributed by atoms with van der Waals surface area (Å²) < 4.78 is 1.48. The van der Waals surface area contributed by atoms with Crippen molar-refractivity contribution in [2.24, 2.45) is 0 Å². The maximum atomic E-state index is 12.8. The Balaban J connectivity index is 1.70. The van der Waals surface area contributed by atoms with Crippen molar-refractivity contribution in [1.29, 1.82) is 0 Å². The number of hydrogen-bond donors (Lipinski definition) is 1. The first-order valence-corrected chi connectivity index (χ1v) is 8.64. The lowest BCUT2D eigenvalue weighted by atomic mass is 10.1. The maximum absolute atomic E-state index is 12.8. The summed E-state index contributed by atoms with van der Waals surface area (Å²) in [6.07, 6.45) is 1.47. The fourth-order valence-corrected chi connectivity index (χ4v) is 2.98. The van der Waals surface area contributed by atoms with E-state index < -0.39 is 0 Å². The summed E-state index contributed by atoms with van der Waals surface area (Å²) in [5.74, 6) is -0.320. The van der Waals surface area contributed by atoms with Gasteiger partial charge in [0.25, 0.3) is 11.5 Å². The van der Waals surface area contributed by atoms with Crippen molar-refractivity contribution in [3.05, 3.63) is 100 Å². The Morgan fingerprint density at radius 1 is 0.963 bits per heavy atom. The minimum atomic E-state index is -0.320. The van der Waals surface area contributed by atoms with Gasteiger partial charge in [-0.2, -0.15) is 0 Å². The van der Waals surface area contributed by atoms with Crippen LogP contribution in [0.3, 0.4) is 0 Å². The van der Waals surface area contributed by atoms with E-state index in [0.717, 1.165) is 5.69 Å². The number of halogens is 1. The van der Waals surface area contributed by atoms with Crippen LogP contribution >= 0.6 is 11.6 Å². The molecule has 5 nitrogen and oxygen atoms in total. The Morgan fingerprint density at radius 3 is 2.48 bits per heavy atom. The monoisotopic (exact) mass is 375 g/mol. The second-order valence-electron chi connectivity index (χ2n) is 5.92. The van der Waals surface area contributed by atoms with Crippen molar-refractivity contribution in [1.82, 2.24) is 9.55 Å². The topological polar surface area (TPSA) is 64.0 Å². The minimum absolute atomic E-state index is 0.190. The molecule has 3 aromatic carbocycles. The first-order valence-electron chi connectivity index (χ1n) is 8.26. The van der Waals surface area contributed by atoms with E-state index in [2.05, 4.69) is 10.3 Å². The third kappa shape index (κ3) is 3.32. The molecule has 0 unspecified atom stereocenters. The molecule has 1 aromatic heterocycles. The quantitative estimate of drug-likeness (QED) is 0.581. The summed E-state index contributed by atoms with van der Waals surface area (Å²) in [6.45, 7) is 0. The van der Waals surface area contributed by atoms with E-state index in [1.165, 1.54) is 10.9 Å². The van der Waals surface area contributed by atoms with Crippen molar-refractivity contribution in [2.45, 2.75) is 0 Å². The molecule has 0 aliphatic carbocycles. The van der Waals surface area contributed by atoms with Crippen LogP contribution in [-0.2, 0) is 0 Å². The molecular formula is C21H14ClN3O2. The number of para-hydroxylation sites is 2. The van der Waals surface area contributed by atoms with Crippen LogP contribution in [0.2, 0.25) is 5.02 Å². The van der Waals surface area contributed by atoms with Crippen LogP contribution < -0.4 is 10.9 Å². The van der Waals surface area contributed by atoms with Gasteiger partial charge < -0.3 is 5.32 Å². The Morgan fingerprint density at radius 2 is 1.70 bits per heavy atom. The number of anilines is 1. The first kappa shape index (κ1) is 17.0. The predicted molar refractivity (Wildman–Crippen MR) is 107 cm³/mol. The van der Waals surface area contributed by atoms with Gasteiger partial charge in [0.05, 0.1) is 27.3 Å². The number of rotatable bonds is 3. The average Bonchev–Trinajstić information content (AvgIpc) is 2.70. The van der Waals surface area contributed by atoms with E-state index >= 15 is 0 Å². The molecule has 4 aromatic rings. The largest absolute Gasteiger partial charge is 0.321 e. The summed E-state index contributed by atoms with van der Waals surface area (Å²) in [5, 5.41) is 3.66. The molecule has 0 atom stereocenters. The summed E-state index contributed by atoms with van der Waals surface area (Å²) >= 11 is 6.08. The van der Waals surface area contributed by atoms with Crippen LogP contribution in [0, 0.1) is 0 Å². The van der Waals surface area contributed by atoms with Gasteiger partial charge in [0.2, 0.25) is 0 Å². The smallest absolute Gasteiger partial charge is 0.265 e. The van der Waals surface area contributed by atoms with E-state index in [1.54, 1.807) is 42.5 Å². The highest BCUT2D eigenvalue weighted by Gasteiger charge is 2.12. The van der Waals surface area contributed by atoms with Crippen LogP contribution in [0.1, 0.15) is 10.4 Å². The standard InChI is InChI=1S/C21H14ClN3O2/c22-17-8-4-5-9-18(17)24-20(26)14-10-11-16-19(12-14)23-13-25(21(16)27)15-6-2-1-3-7-15/h1-13H,(H,24,26). The maximum Gasteiger partial charge on any atom is 0.265 e. The third-order valence-electron chi connectivity index (χ3n) is 4.18. The van der Waals surface area contributed by atoms with Crippen LogP contribution in [-0.4, -0.2) is 15.5 Å². The lowest BCUT2D eigenvalue weighted by molar-refractivity contribution is 0.102. The number of aromatic nitrogens is 2. The molecule has 1 amide bonds. The second-order valence-corrected chi connectivity index (χ2v) is 6.33. The number of nitrogens with zero attached hydrogens (tertiary/aromatic N) is 2. The average molecular weight is 376 g/mol. The number of fused-ring (bicyclic) bond motifs is 1. The Kier molecular flexibility index (Phi) is 4.44.